The summed E-state index contributed by atoms with van der Waals surface area (Å²) >= 11 is 1.93. The molecule has 37 heavy (non-hydrogen) atoms. The van der Waals surface area contributed by atoms with Gasteiger partial charge in [-0.3, -0.25) is 4.79 Å². The minimum absolute atomic E-state index is 0.0343. The van der Waals surface area contributed by atoms with Crippen LogP contribution in [0.4, 0.5) is 4.79 Å². The highest BCUT2D eigenvalue weighted by atomic mass is 32.2. The van der Waals surface area contributed by atoms with Crippen LogP contribution in [-0.2, 0) is 4.79 Å². The van der Waals surface area contributed by atoms with E-state index in [1.807, 2.05) is 17.8 Å². The summed E-state index contributed by atoms with van der Waals surface area (Å²) in [6.07, 6.45) is 21.1. The standard InChI is InChI=1S/C28H52N4O4S/c29-22(20-33)24(34)16-12-10-8-6-4-2-1-3-5-7-9-11-15-19-30-26(35)18-14-13-17-25-27-23(21-37-25)31-28(36)32-27/h12,16,22-25,27,33-34H,1-11,13-15,17-21,29H2,(H,30,35)(H2,31,32,36). The van der Waals surface area contributed by atoms with Crippen LogP contribution in [0.5, 0.6) is 0 Å². The van der Waals surface area contributed by atoms with Crippen molar-refractivity contribution in [2.24, 2.45) is 5.73 Å². The molecule has 0 bridgehead atoms. The molecular weight excluding hydrogens is 488 g/mol. The van der Waals surface area contributed by atoms with E-state index >= 15 is 0 Å². The third kappa shape index (κ3) is 13.9. The average Bonchev–Trinajstić information content (AvgIpc) is 3.44. The second kappa shape index (κ2) is 19.7. The number of thioether (sulfide) groups is 1. The first kappa shape index (κ1) is 31.9. The summed E-state index contributed by atoms with van der Waals surface area (Å²) in [5.74, 6) is 1.16. The van der Waals surface area contributed by atoms with E-state index in [2.05, 4.69) is 16.0 Å². The van der Waals surface area contributed by atoms with Crippen LogP contribution in [0.15, 0.2) is 12.2 Å². The number of hydrogen-bond acceptors (Lipinski definition) is 6. The number of amides is 3. The van der Waals surface area contributed by atoms with Gasteiger partial charge in [0.25, 0.3) is 0 Å². The van der Waals surface area contributed by atoms with Crippen molar-refractivity contribution >= 4 is 23.7 Å². The van der Waals surface area contributed by atoms with Crippen LogP contribution < -0.4 is 21.7 Å². The number of fused-ring (bicyclic) bond motifs is 1. The number of rotatable bonds is 22. The maximum atomic E-state index is 12.1. The predicted octanol–water partition coefficient (Wildman–Crippen LogP) is 3.75. The van der Waals surface area contributed by atoms with Gasteiger partial charge in [-0.05, 0) is 32.1 Å². The van der Waals surface area contributed by atoms with Crippen LogP contribution in [0, 0.1) is 0 Å². The molecule has 3 amide bonds. The highest BCUT2D eigenvalue weighted by Crippen LogP contribution is 2.33. The summed E-state index contributed by atoms with van der Waals surface area (Å²) in [5.41, 5.74) is 5.56. The third-order valence-electron chi connectivity index (χ3n) is 7.43. The molecule has 8 nitrogen and oxygen atoms in total. The Morgan fingerprint density at radius 2 is 1.65 bits per heavy atom. The number of urea groups is 1. The van der Waals surface area contributed by atoms with Gasteiger partial charge >= 0.3 is 6.03 Å². The van der Waals surface area contributed by atoms with Gasteiger partial charge in [-0.2, -0.15) is 11.8 Å². The van der Waals surface area contributed by atoms with Gasteiger partial charge in [0.15, 0.2) is 0 Å². The SMILES string of the molecule is NC(CO)C(O)C=CCCCCCCCCCCCCCNC(=O)CCCCC1SCC2NC(=O)NC21. The molecular formula is C28H52N4O4S. The highest BCUT2D eigenvalue weighted by molar-refractivity contribution is 8.00. The van der Waals surface area contributed by atoms with Gasteiger partial charge in [0.1, 0.15) is 0 Å². The van der Waals surface area contributed by atoms with E-state index in [1.54, 1.807) is 6.08 Å². The Hall–Kier alpha value is -1.29. The summed E-state index contributed by atoms with van der Waals surface area (Å²) in [6, 6.07) is -0.0816. The van der Waals surface area contributed by atoms with Crippen molar-refractivity contribution in [3.8, 4) is 0 Å². The van der Waals surface area contributed by atoms with Crippen molar-refractivity contribution in [2.45, 2.75) is 132 Å². The Bertz CT molecular complexity index is 666. The number of aliphatic hydroxyl groups excluding tert-OH is 2. The van der Waals surface area contributed by atoms with Gasteiger partial charge in [0, 0.05) is 24.0 Å². The third-order valence-corrected chi connectivity index (χ3v) is 8.94. The van der Waals surface area contributed by atoms with Crippen molar-refractivity contribution in [3.63, 3.8) is 0 Å². The molecule has 2 fully saturated rings. The van der Waals surface area contributed by atoms with Crippen LogP contribution >= 0.6 is 11.8 Å². The zero-order valence-electron chi connectivity index (χ0n) is 22.7. The fourth-order valence-corrected chi connectivity index (χ4v) is 6.60. The monoisotopic (exact) mass is 540 g/mol. The number of nitrogens with one attached hydrogen (secondary N) is 3. The second-order valence-corrected chi connectivity index (χ2v) is 11.9. The summed E-state index contributed by atoms with van der Waals surface area (Å²) in [6.45, 7) is 0.593. The molecule has 0 aromatic heterocycles. The number of carbonyl (C=O) groups excluding carboxylic acids is 2. The molecule has 0 saturated carbocycles. The summed E-state index contributed by atoms with van der Waals surface area (Å²) in [4.78, 5) is 23.5. The molecule has 5 atom stereocenters. The van der Waals surface area contributed by atoms with Crippen LogP contribution in [-0.4, -0.2) is 70.5 Å². The maximum absolute atomic E-state index is 12.1. The maximum Gasteiger partial charge on any atom is 0.315 e. The molecule has 7 N–H and O–H groups in total. The van der Waals surface area contributed by atoms with E-state index in [9.17, 15) is 14.7 Å². The molecule has 0 aromatic rings. The minimum atomic E-state index is -0.753. The lowest BCUT2D eigenvalue weighted by Crippen LogP contribution is -2.36. The largest absolute Gasteiger partial charge is 0.395 e. The Morgan fingerprint density at radius 3 is 2.32 bits per heavy atom. The summed E-state index contributed by atoms with van der Waals surface area (Å²) < 4.78 is 0. The molecule has 2 rings (SSSR count). The first-order valence-corrected chi connectivity index (χ1v) is 15.7. The second-order valence-electron chi connectivity index (χ2n) is 10.7. The average molecular weight is 541 g/mol. The van der Waals surface area contributed by atoms with Gasteiger partial charge in [0.2, 0.25) is 5.91 Å². The van der Waals surface area contributed by atoms with Crippen molar-refractivity contribution < 1.29 is 19.8 Å². The number of nitrogens with two attached hydrogens (primary N) is 1. The van der Waals surface area contributed by atoms with Crippen molar-refractivity contribution in [2.75, 3.05) is 18.9 Å². The molecule has 9 heteroatoms. The minimum Gasteiger partial charge on any atom is -0.395 e. The van der Waals surface area contributed by atoms with E-state index in [0.29, 0.717) is 11.7 Å². The first-order chi connectivity index (χ1) is 18.0. The number of unbranched alkanes of at least 4 members (excludes halogenated alkanes) is 12. The molecule has 2 heterocycles. The zero-order chi connectivity index (χ0) is 26.7. The topological polar surface area (TPSA) is 137 Å². The fourth-order valence-electron chi connectivity index (χ4n) is 5.05. The highest BCUT2D eigenvalue weighted by Gasteiger charge is 2.42. The molecule has 0 aliphatic carbocycles. The number of allylic oxidation sites excluding steroid dienone is 1. The van der Waals surface area contributed by atoms with Gasteiger partial charge in [-0.1, -0.05) is 76.4 Å². The van der Waals surface area contributed by atoms with Crippen molar-refractivity contribution in [3.05, 3.63) is 12.2 Å². The Morgan fingerprint density at radius 1 is 1.00 bits per heavy atom. The van der Waals surface area contributed by atoms with Crippen LogP contribution in [0.1, 0.15) is 103 Å². The van der Waals surface area contributed by atoms with E-state index < -0.39 is 12.1 Å². The van der Waals surface area contributed by atoms with Crippen LogP contribution in [0.3, 0.4) is 0 Å². The molecule has 0 aromatic carbocycles. The van der Waals surface area contributed by atoms with Crippen molar-refractivity contribution in [1.82, 2.24) is 16.0 Å². The number of hydrogen-bond donors (Lipinski definition) is 6. The summed E-state index contributed by atoms with van der Waals surface area (Å²) in [5, 5.41) is 28.1. The van der Waals surface area contributed by atoms with Crippen molar-refractivity contribution in [1.29, 1.82) is 0 Å². The Kier molecular flexibility index (Phi) is 17.0. The lowest BCUT2D eigenvalue weighted by atomic mass is 10.0. The Balaban J connectivity index is 1.27. The van der Waals surface area contributed by atoms with E-state index in [0.717, 1.165) is 50.8 Å². The van der Waals surface area contributed by atoms with Crippen LogP contribution in [0.2, 0.25) is 0 Å². The molecule has 2 saturated heterocycles. The smallest absolute Gasteiger partial charge is 0.315 e. The first-order valence-electron chi connectivity index (χ1n) is 14.7. The van der Waals surface area contributed by atoms with E-state index in [4.69, 9.17) is 10.8 Å². The molecule has 214 valence electrons. The zero-order valence-corrected chi connectivity index (χ0v) is 23.5. The van der Waals surface area contributed by atoms with E-state index in [-0.39, 0.29) is 30.6 Å². The molecule has 0 radical (unpaired) electrons. The quantitative estimate of drug-likeness (QED) is 0.0703. The van der Waals surface area contributed by atoms with E-state index in [1.165, 1.54) is 57.8 Å². The number of aliphatic hydroxyl groups is 2. The fraction of sp³-hybridized carbons (Fsp3) is 0.857. The van der Waals surface area contributed by atoms with Gasteiger partial charge in [-0.25, -0.2) is 4.79 Å². The Labute approximate surface area is 228 Å². The van der Waals surface area contributed by atoms with Gasteiger partial charge in [0.05, 0.1) is 30.8 Å². The normalized spacial score (nSPS) is 22.6. The number of carbonyl (C=O) groups is 2. The molecule has 0 spiro atoms. The molecule has 2 aliphatic rings. The van der Waals surface area contributed by atoms with Gasteiger partial charge in [-0.15, -0.1) is 0 Å². The van der Waals surface area contributed by atoms with Gasteiger partial charge < -0.3 is 31.9 Å². The molecule has 2 aliphatic heterocycles. The lowest BCUT2D eigenvalue weighted by Gasteiger charge is -2.16. The summed E-state index contributed by atoms with van der Waals surface area (Å²) in [7, 11) is 0. The molecule has 5 unspecified atom stereocenters. The lowest BCUT2D eigenvalue weighted by molar-refractivity contribution is -0.121. The predicted molar refractivity (Wildman–Crippen MR) is 153 cm³/mol. The van der Waals surface area contributed by atoms with Crippen LogP contribution in [0.25, 0.3) is 0 Å².